The van der Waals surface area contributed by atoms with E-state index in [2.05, 4.69) is 21.2 Å². The predicted molar refractivity (Wildman–Crippen MR) is 157 cm³/mol. The lowest BCUT2D eigenvalue weighted by Gasteiger charge is -2.26. The van der Waals surface area contributed by atoms with E-state index < -0.39 is 17.8 Å². The Morgan fingerprint density at radius 2 is 1.73 bits per heavy atom. The Kier molecular flexibility index (Phi) is 9.40. The Labute approximate surface area is 249 Å². The number of rotatable bonds is 9. The fraction of sp³-hybridized carbons (Fsp3) is 0.207. The van der Waals surface area contributed by atoms with Gasteiger partial charge in [-0.25, -0.2) is 9.69 Å². The minimum absolute atomic E-state index is 0.1000. The number of carbonyl (C=O) groups is 3. The van der Waals surface area contributed by atoms with Gasteiger partial charge in [-0.1, -0.05) is 29.3 Å². The molecule has 0 aliphatic carbocycles. The number of imide groups is 2. The highest BCUT2D eigenvalue weighted by Crippen LogP contribution is 2.38. The van der Waals surface area contributed by atoms with E-state index in [1.165, 1.54) is 6.08 Å². The summed E-state index contributed by atoms with van der Waals surface area (Å²) in [7, 11) is 0. The van der Waals surface area contributed by atoms with Crippen molar-refractivity contribution in [1.29, 1.82) is 0 Å². The number of ether oxygens (including phenoxy) is 3. The van der Waals surface area contributed by atoms with Gasteiger partial charge in [0.05, 0.1) is 22.9 Å². The van der Waals surface area contributed by atoms with Gasteiger partial charge in [-0.05, 0) is 96.9 Å². The molecule has 1 saturated heterocycles. The van der Waals surface area contributed by atoms with Crippen molar-refractivity contribution >= 4 is 68.7 Å². The summed E-state index contributed by atoms with van der Waals surface area (Å²) in [6, 6.07) is 13.9. The van der Waals surface area contributed by atoms with E-state index in [4.69, 9.17) is 37.4 Å². The van der Waals surface area contributed by atoms with Crippen LogP contribution in [-0.2, 0) is 16.2 Å². The summed E-state index contributed by atoms with van der Waals surface area (Å²) in [6.45, 7) is 6.20. The van der Waals surface area contributed by atoms with Crippen molar-refractivity contribution in [3.63, 3.8) is 0 Å². The van der Waals surface area contributed by atoms with Crippen LogP contribution >= 0.6 is 39.1 Å². The lowest BCUT2D eigenvalue weighted by Crippen LogP contribution is -2.54. The van der Waals surface area contributed by atoms with Gasteiger partial charge in [0.2, 0.25) is 0 Å². The summed E-state index contributed by atoms with van der Waals surface area (Å²) >= 11 is 15.6. The standard InChI is InChI=1S/C29H25BrCl2N2O6/c1-4-38-25-13-17(12-23(30)26(25)40-16(2)3)11-22-27(35)33-29(37)34(28(22)36)20-7-9-21(10-8-20)39-15-18-5-6-19(31)14-24(18)32/h5-14,16H,4,15H2,1-3H3,(H,33,35,37)/b22-11+. The van der Waals surface area contributed by atoms with Gasteiger partial charge < -0.3 is 14.2 Å². The molecular formula is C29H25BrCl2N2O6. The maximum Gasteiger partial charge on any atom is 0.335 e. The number of halogens is 3. The van der Waals surface area contributed by atoms with Crippen LogP contribution in [0.25, 0.3) is 6.08 Å². The number of hydrogen-bond donors (Lipinski definition) is 1. The van der Waals surface area contributed by atoms with Crippen molar-refractivity contribution in [2.45, 2.75) is 33.5 Å². The van der Waals surface area contributed by atoms with Crippen molar-refractivity contribution in [3.8, 4) is 17.2 Å². The first kappa shape index (κ1) is 29.5. The normalized spacial score (nSPS) is 14.5. The lowest BCUT2D eigenvalue weighted by atomic mass is 10.1. The van der Waals surface area contributed by atoms with Crippen LogP contribution in [0.2, 0.25) is 10.0 Å². The van der Waals surface area contributed by atoms with E-state index in [0.29, 0.717) is 43.9 Å². The summed E-state index contributed by atoms with van der Waals surface area (Å²) < 4.78 is 17.9. The molecule has 3 aromatic carbocycles. The number of carbonyl (C=O) groups excluding carboxylic acids is 3. The first-order valence-electron chi connectivity index (χ1n) is 12.3. The number of amides is 4. The zero-order chi connectivity index (χ0) is 29.0. The van der Waals surface area contributed by atoms with E-state index in [1.54, 1.807) is 54.6 Å². The van der Waals surface area contributed by atoms with E-state index in [9.17, 15) is 14.4 Å². The topological polar surface area (TPSA) is 94.2 Å². The summed E-state index contributed by atoms with van der Waals surface area (Å²) in [4.78, 5) is 39.6. The molecule has 0 spiro atoms. The number of anilines is 1. The molecule has 40 heavy (non-hydrogen) atoms. The number of nitrogens with one attached hydrogen (secondary N) is 1. The summed E-state index contributed by atoms with van der Waals surface area (Å²) in [6.07, 6.45) is 1.30. The van der Waals surface area contributed by atoms with E-state index in [1.807, 2.05) is 20.8 Å². The minimum atomic E-state index is -0.856. The highest BCUT2D eigenvalue weighted by Gasteiger charge is 2.37. The van der Waals surface area contributed by atoms with Crippen LogP contribution in [0.5, 0.6) is 17.2 Å². The third-order valence-corrected chi connectivity index (χ3v) is 6.78. The van der Waals surface area contributed by atoms with Crippen molar-refractivity contribution in [1.82, 2.24) is 5.32 Å². The number of benzene rings is 3. The van der Waals surface area contributed by atoms with Crippen LogP contribution in [-0.4, -0.2) is 30.6 Å². The molecule has 0 bridgehead atoms. The maximum atomic E-state index is 13.4. The monoisotopic (exact) mass is 646 g/mol. The largest absolute Gasteiger partial charge is 0.490 e. The van der Waals surface area contributed by atoms with Gasteiger partial charge in [0.1, 0.15) is 17.9 Å². The molecule has 1 heterocycles. The molecule has 0 aromatic heterocycles. The first-order valence-corrected chi connectivity index (χ1v) is 13.8. The van der Waals surface area contributed by atoms with Gasteiger partial charge in [-0.3, -0.25) is 14.9 Å². The van der Waals surface area contributed by atoms with Gasteiger partial charge in [-0.2, -0.15) is 0 Å². The number of urea groups is 1. The molecule has 1 fully saturated rings. The molecule has 4 amide bonds. The van der Waals surface area contributed by atoms with Crippen molar-refractivity contribution in [3.05, 3.63) is 85.8 Å². The molecule has 0 saturated carbocycles. The van der Waals surface area contributed by atoms with Crippen molar-refractivity contribution in [2.24, 2.45) is 0 Å². The smallest absolute Gasteiger partial charge is 0.335 e. The van der Waals surface area contributed by atoms with Crippen LogP contribution in [0, 0.1) is 0 Å². The average Bonchev–Trinajstić information content (AvgIpc) is 2.89. The second-order valence-corrected chi connectivity index (χ2v) is 10.6. The number of barbiturate groups is 1. The lowest BCUT2D eigenvalue weighted by molar-refractivity contribution is -0.122. The molecule has 1 N–H and O–H groups in total. The third kappa shape index (κ3) is 6.78. The van der Waals surface area contributed by atoms with Gasteiger partial charge in [0.15, 0.2) is 11.5 Å². The summed E-state index contributed by atoms with van der Waals surface area (Å²) in [5, 5.41) is 3.23. The highest BCUT2D eigenvalue weighted by atomic mass is 79.9. The van der Waals surface area contributed by atoms with Crippen molar-refractivity contribution in [2.75, 3.05) is 11.5 Å². The Hall–Kier alpha value is -3.53. The highest BCUT2D eigenvalue weighted by molar-refractivity contribution is 9.10. The SMILES string of the molecule is CCOc1cc(/C=C2\C(=O)NC(=O)N(c3ccc(OCc4ccc(Cl)cc4Cl)cc3)C2=O)cc(Br)c1OC(C)C. The third-order valence-electron chi connectivity index (χ3n) is 5.60. The summed E-state index contributed by atoms with van der Waals surface area (Å²) in [5.41, 5.74) is 1.29. The molecular weight excluding hydrogens is 623 g/mol. The second kappa shape index (κ2) is 12.8. The van der Waals surface area contributed by atoms with Crippen LogP contribution in [0.4, 0.5) is 10.5 Å². The molecule has 1 aliphatic rings. The van der Waals surface area contributed by atoms with E-state index in [0.717, 1.165) is 10.5 Å². The van der Waals surface area contributed by atoms with E-state index >= 15 is 0 Å². The van der Waals surface area contributed by atoms with Gasteiger partial charge in [0.25, 0.3) is 11.8 Å². The van der Waals surface area contributed by atoms with Crippen molar-refractivity contribution < 1.29 is 28.6 Å². The molecule has 208 valence electrons. The first-order chi connectivity index (χ1) is 19.1. The van der Waals surface area contributed by atoms with Crippen LogP contribution in [0.3, 0.4) is 0 Å². The maximum absolute atomic E-state index is 13.4. The van der Waals surface area contributed by atoms with E-state index in [-0.39, 0.29) is 24.0 Å². The van der Waals surface area contributed by atoms with Crippen LogP contribution < -0.4 is 24.4 Å². The Bertz CT molecular complexity index is 1490. The molecule has 0 atom stereocenters. The summed E-state index contributed by atoms with van der Waals surface area (Å²) in [5.74, 6) is -0.126. The molecule has 0 radical (unpaired) electrons. The fourth-order valence-electron chi connectivity index (χ4n) is 3.83. The van der Waals surface area contributed by atoms with Gasteiger partial charge in [-0.15, -0.1) is 0 Å². The molecule has 1 aliphatic heterocycles. The van der Waals surface area contributed by atoms with Crippen LogP contribution in [0.15, 0.2) is 64.6 Å². The Morgan fingerprint density at radius 1 is 1.00 bits per heavy atom. The molecule has 8 nitrogen and oxygen atoms in total. The Balaban J connectivity index is 1.57. The van der Waals surface area contributed by atoms with Gasteiger partial charge >= 0.3 is 6.03 Å². The van der Waals surface area contributed by atoms with Gasteiger partial charge in [0, 0.05) is 15.6 Å². The molecule has 4 rings (SSSR count). The number of hydrogen-bond acceptors (Lipinski definition) is 6. The molecule has 0 unspecified atom stereocenters. The fourth-order valence-corrected chi connectivity index (χ4v) is 4.85. The Morgan fingerprint density at radius 3 is 2.38 bits per heavy atom. The average molecular weight is 648 g/mol. The second-order valence-electron chi connectivity index (χ2n) is 8.91. The van der Waals surface area contributed by atoms with Crippen LogP contribution in [0.1, 0.15) is 31.9 Å². The zero-order valence-electron chi connectivity index (χ0n) is 21.8. The predicted octanol–water partition coefficient (Wildman–Crippen LogP) is 7.19. The molecule has 3 aromatic rings. The quantitative estimate of drug-likeness (QED) is 0.195. The number of nitrogens with zero attached hydrogens (tertiary/aromatic N) is 1. The zero-order valence-corrected chi connectivity index (χ0v) is 24.9. The molecule has 11 heteroatoms. The minimum Gasteiger partial charge on any atom is -0.490 e.